The molecule has 0 bridgehead atoms. The van der Waals surface area contributed by atoms with E-state index in [1.165, 1.54) is 24.1 Å². The third kappa shape index (κ3) is 4.18. The highest BCUT2D eigenvalue weighted by molar-refractivity contribution is 5.91. The van der Waals surface area contributed by atoms with Gasteiger partial charge in [-0.1, -0.05) is 0 Å². The quantitative estimate of drug-likeness (QED) is 0.562. The van der Waals surface area contributed by atoms with E-state index in [2.05, 4.69) is 15.4 Å². The molecule has 1 amide bonds. The Kier molecular flexibility index (Phi) is 5.49. The van der Waals surface area contributed by atoms with Crippen LogP contribution in [0.15, 0.2) is 58.6 Å². The average Bonchev–Trinajstić information content (AvgIpc) is 2.70. The van der Waals surface area contributed by atoms with Gasteiger partial charge in [0.1, 0.15) is 5.70 Å². The fourth-order valence-electron chi connectivity index (χ4n) is 2.68. The van der Waals surface area contributed by atoms with Crippen molar-refractivity contribution >= 4 is 33.9 Å². The molecule has 0 fully saturated rings. The van der Waals surface area contributed by atoms with Gasteiger partial charge in [-0.25, -0.2) is 14.3 Å². The second kappa shape index (κ2) is 8.01. The number of aromatic nitrogens is 1. The first kappa shape index (κ1) is 19.9. The van der Waals surface area contributed by atoms with Gasteiger partial charge in [-0.15, -0.1) is 0 Å². The number of nitrogens with zero attached hydrogens (tertiary/aromatic N) is 2. The Morgan fingerprint density at radius 3 is 2.45 bits per heavy atom. The van der Waals surface area contributed by atoms with E-state index in [1.54, 1.807) is 31.3 Å². The first-order chi connectivity index (χ1) is 13.8. The Bertz CT molecular complexity index is 1190. The highest BCUT2D eigenvalue weighted by Crippen LogP contribution is 2.21. The Morgan fingerprint density at radius 2 is 1.83 bits per heavy atom. The summed E-state index contributed by atoms with van der Waals surface area (Å²) in [5.74, 6) is -2.22. The number of halogens is 2. The minimum atomic E-state index is -1.07. The summed E-state index contributed by atoms with van der Waals surface area (Å²) in [7, 11) is 1.66. The number of fused-ring (bicyclic) bond motifs is 1. The second-order valence-corrected chi connectivity index (χ2v) is 6.28. The van der Waals surface area contributed by atoms with E-state index in [9.17, 15) is 18.4 Å². The molecular formula is C20H17F2N5O2. The summed E-state index contributed by atoms with van der Waals surface area (Å²) >= 11 is 0. The number of carbonyl (C=O) groups is 1. The summed E-state index contributed by atoms with van der Waals surface area (Å²) in [6.07, 6.45) is 1.35. The number of aromatic amines is 1. The normalized spacial score (nSPS) is 11.4. The van der Waals surface area contributed by atoms with Crippen LogP contribution in [0.4, 0.5) is 20.2 Å². The van der Waals surface area contributed by atoms with Gasteiger partial charge in [0.25, 0.3) is 5.56 Å². The van der Waals surface area contributed by atoms with Gasteiger partial charge < -0.3 is 15.2 Å². The fourth-order valence-corrected chi connectivity index (χ4v) is 2.68. The van der Waals surface area contributed by atoms with Crippen LogP contribution in [0.5, 0.6) is 0 Å². The summed E-state index contributed by atoms with van der Waals surface area (Å²) in [5, 5.41) is 6.55. The van der Waals surface area contributed by atoms with Gasteiger partial charge in [0, 0.05) is 43.0 Å². The molecule has 7 nitrogen and oxygen atoms in total. The van der Waals surface area contributed by atoms with Crippen LogP contribution in [0.25, 0.3) is 16.6 Å². The zero-order valence-corrected chi connectivity index (χ0v) is 15.6. The molecule has 3 aromatic rings. The zero-order valence-electron chi connectivity index (χ0n) is 15.6. The van der Waals surface area contributed by atoms with Gasteiger partial charge in [0.05, 0.1) is 11.1 Å². The number of amides is 1. The van der Waals surface area contributed by atoms with Crippen LogP contribution in [-0.4, -0.2) is 17.9 Å². The molecular weight excluding hydrogens is 380 g/mol. The number of rotatable bonds is 5. The van der Waals surface area contributed by atoms with Crippen molar-refractivity contribution in [3.8, 4) is 0 Å². The summed E-state index contributed by atoms with van der Waals surface area (Å²) in [6.45, 7) is 1.46. The molecule has 0 spiro atoms. The zero-order chi connectivity index (χ0) is 21.1. The standard InChI is InChI=1S/C20H17F2N5O2/c1-11(28)27(2)14-5-3-13(4-6-14)24-10-19(26-23)15-7-12-8-16(21)17(22)9-18(12)25-20(15)29/h3-10,23-24H,1-2H3,(H,25,29)/b19-10-,26-23?. The Balaban J connectivity index is 1.91. The van der Waals surface area contributed by atoms with Gasteiger partial charge in [-0.3, -0.25) is 9.59 Å². The number of carbonyl (C=O) groups excluding carboxylic acids is 1. The maximum absolute atomic E-state index is 13.5. The lowest BCUT2D eigenvalue weighted by Crippen LogP contribution is -2.22. The SMILES string of the molecule is CC(=O)N(C)c1ccc(N/C=C(\N=N)c2cc3cc(F)c(F)cc3[nH]c2=O)cc1. The summed E-state index contributed by atoms with van der Waals surface area (Å²) < 4.78 is 26.8. The van der Waals surface area contributed by atoms with E-state index in [-0.39, 0.29) is 28.1 Å². The molecule has 0 aliphatic rings. The predicted molar refractivity (Wildman–Crippen MR) is 107 cm³/mol. The van der Waals surface area contributed by atoms with Crippen molar-refractivity contribution in [1.82, 2.24) is 4.98 Å². The van der Waals surface area contributed by atoms with Gasteiger partial charge in [0.2, 0.25) is 5.91 Å². The van der Waals surface area contributed by atoms with Crippen molar-refractivity contribution in [3.05, 3.63) is 76.2 Å². The van der Waals surface area contributed by atoms with E-state index in [0.717, 1.165) is 12.1 Å². The predicted octanol–water partition coefficient (Wildman–Crippen LogP) is 4.23. The van der Waals surface area contributed by atoms with Crippen molar-refractivity contribution < 1.29 is 13.6 Å². The van der Waals surface area contributed by atoms with Crippen molar-refractivity contribution in [2.45, 2.75) is 6.92 Å². The van der Waals surface area contributed by atoms with Gasteiger partial charge in [0.15, 0.2) is 11.6 Å². The summed E-state index contributed by atoms with van der Waals surface area (Å²) in [4.78, 5) is 27.6. The Labute approximate surface area is 164 Å². The monoisotopic (exact) mass is 397 g/mol. The minimum absolute atomic E-state index is 0.00261. The highest BCUT2D eigenvalue weighted by atomic mass is 19.2. The molecule has 148 valence electrons. The van der Waals surface area contributed by atoms with Gasteiger partial charge in [-0.05, 0) is 36.4 Å². The molecule has 29 heavy (non-hydrogen) atoms. The number of hydrogen-bond acceptors (Lipinski definition) is 5. The van der Waals surface area contributed by atoms with E-state index >= 15 is 0 Å². The molecule has 0 aliphatic carbocycles. The van der Waals surface area contributed by atoms with Gasteiger partial charge in [-0.2, -0.15) is 5.11 Å². The fraction of sp³-hybridized carbons (Fsp3) is 0.100. The van der Waals surface area contributed by atoms with E-state index < -0.39 is 17.2 Å². The molecule has 2 aromatic carbocycles. The van der Waals surface area contributed by atoms with E-state index in [1.807, 2.05) is 0 Å². The summed E-state index contributed by atoms with van der Waals surface area (Å²) in [5.41, 5.74) is 8.29. The average molecular weight is 397 g/mol. The molecule has 0 saturated carbocycles. The second-order valence-electron chi connectivity index (χ2n) is 6.28. The van der Waals surface area contributed by atoms with Crippen molar-refractivity contribution in [2.75, 3.05) is 17.3 Å². The third-order valence-corrected chi connectivity index (χ3v) is 4.38. The number of anilines is 2. The summed E-state index contributed by atoms with van der Waals surface area (Å²) in [6, 6.07) is 10.1. The van der Waals surface area contributed by atoms with Crippen LogP contribution in [0.3, 0.4) is 0 Å². The van der Waals surface area contributed by atoms with Crippen molar-refractivity contribution in [2.24, 2.45) is 5.11 Å². The maximum Gasteiger partial charge on any atom is 0.258 e. The number of H-pyrrole nitrogens is 1. The van der Waals surface area contributed by atoms with Crippen LogP contribution in [-0.2, 0) is 4.79 Å². The molecule has 0 aliphatic heterocycles. The molecule has 0 radical (unpaired) electrons. The molecule has 3 rings (SSSR count). The number of pyridine rings is 1. The molecule has 0 unspecified atom stereocenters. The molecule has 9 heteroatoms. The topological polar surface area (TPSA) is 101 Å². The third-order valence-electron chi connectivity index (χ3n) is 4.38. The first-order valence-corrected chi connectivity index (χ1v) is 8.51. The van der Waals surface area contributed by atoms with Crippen LogP contribution < -0.4 is 15.8 Å². The van der Waals surface area contributed by atoms with Crippen LogP contribution >= 0.6 is 0 Å². The highest BCUT2D eigenvalue weighted by Gasteiger charge is 2.11. The van der Waals surface area contributed by atoms with Crippen molar-refractivity contribution in [1.29, 1.82) is 5.53 Å². The molecule has 3 N–H and O–H groups in total. The Hall–Kier alpha value is -3.88. The largest absolute Gasteiger partial charge is 0.360 e. The number of hydrogen-bond donors (Lipinski definition) is 3. The van der Waals surface area contributed by atoms with E-state index in [0.29, 0.717) is 11.4 Å². The lowest BCUT2D eigenvalue weighted by atomic mass is 10.1. The first-order valence-electron chi connectivity index (χ1n) is 8.51. The number of benzene rings is 2. The van der Waals surface area contributed by atoms with Gasteiger partial charge >= 0.3 is 0 Å². The Morgan fingerprint density at radius 1 is 1.17 bits per heavy atom. The molecule has 1 aromatic heterocycles. The molecule has 0 atom stereocenters. The lowest BCUT2D eigenvalue weighted by Gasteiger charge is -2.15. The number of nitrogens with one attached hydrogen (secondary N) is 3. The molecule has 0 saturated heterocycles. The maximum atomic E-state index is 13.5. The van der Waals surface area contributed by atoms with Crippen LogP contribution in [0, 0.1) is 17.2 Å². The molecule has 1 heterocycles. The van der Waals surface area contributed by atoms with Crippen molar-refractivity contribution in [3.63, 3.8) is 0 Å². The lowest BCUT2D eigenvalue weighted by molar-refractivity contribution is -0.116. The van der Waals surface area contributed by atoms with E-state index in [4.69, 9.17) is 5.53 Å². The smallest absolute Gasteiger partial charge is 0.258 e. The van der Waals surface area contributed by atoms with Crippen LogP contribution in [0.2, 0.25) is 0 Å². The minimum Gasteiger partial charge on any atom is -0.360 e. The van der Waals surface area contributed by atoms with Crippen LogP contribution in [0.1, 0.15) is 12.5 Å².